The fourth-order valence-corrected chi connectivity index (χ4v) is 3.56. The second-order valence-electron chi connectivity index (χ2n) is 7.39. The molecule has 1 rings (SSSR count). The molecule has 0 amide bonds. The van der Waals surface area contributed by atoms with Gasteiger partial charge in [-0.2, -0.15) is 0 Å². The number of carbonyl (C=O) groups is 1. The fraction of sp³-hybridized carbons (Fsp3) is 0.762. The minimum Gasteiger partial charge on any atom is -0.481 e. The van der Waals surface area contributed by atoms with Crippen LogP contribution in [0.2, 0.25) is 0 Å². The Labute approximate surface area is 156 Å². The molecular formula is C21H33FO4. The molecular weight excluding hydrogens is 335 g/mol. The van der Waals surface area contributed by atoms with Gasteiger partial charge in [0.05, 0.1) is 12.2 Å². The lowest BCUT2D eigenvalue weighted by Crippen LogP contribution is -2.21. The van der Waals surface area contributed by atoms with Gasteiger partial charge >= 0.3 is 5.97 Å². The van der Waals surface area contributed by atoms with Crippen molar-refractivity contribution in [2.75, 3.05) is 0 Å². The second-order valence-corrected chi connectivity index (χ2v) is 7.39. The zero-order chi connectivity index (χ0) is 19.5. The number of carboxylic acid groups (broad SMARTS) is 1. The van der Waals surface area contributed by atoms with Gasteiger partial charge in [-0.15, -0.1) is 11.8 Å². The van der Waals surface area contributed by atoms with E-state index in [2.05, 4.69) is 11.8 Å². The molecule has 0 aliphatic heterocycles. The lowest BCUT2D eigenvalue weighted by atomic mass is 9.87. The Kier molecular flexibility index (Phi) is 10.5. The van der Waals surface area contributed by atoms with Crippen molar-refractivity contribution in [3.05, 3.63) is 12.2 Å². The van der Waals surface area contributed by atoms with Crippen molar-refractivity contribution in [1.29, 1.82) is 0 Å². The number of aliphatic carboxylic acids is 1. The summed E-state index contributed by atoms with van der Waals surface area (Å²) in [5, 5.41) is 29.0. The van der Waals surface area contributed by atoms with E-state index in [9.17, 15) is 19.4 Å². The number of rotatable bonds is 11. The summed E-state index contributed by atoms with van der Waals surface area (Å²) in [5.41, 5.74) is 0. The predicted octanol–water partition coefficient (Wildman–Crippen LogP) is 3.71. The molecule has 0 aromatic heterocycles. The number of hydrogen-bond donors (Lipinski definition) is 3. The quantitative estimate of drug-likeness (QED) is 0.295. The zero-order valence-electron chi connectivity index (χ0n) is 15.9. The Bertz CT molecular complexity index is 508. The van der Waals surface area contributed by atoms with Crippen LogP contribution in [0, 0.1) is 29.6 Å². The van der Waals surface area contributed by atoms with Gasteiger partial charge in [-0.3, -0.25) is 4.79 Å². The maximum atomic E-state index is 14.3. The first-order chi connectivity index (χ1) is 12.4. The summed E-state index contributed by atoms with van der Waals surface area (Å²) in [6, 6.07) is 0. The van der Waals surface area contributed by atoms with E-state index in [1.54, 1.807) is 19.1 Å². The molecule has 148 valence electrons. The summed E-state index contributed by atoms with van der Waals surface area (Å²) in [5.74, 6) is 4.45. The van der Waals surface area contributed by atoms with E-state index in [1.807, 2.05) is 6.92 Å². The highest BCUT2D eigenvalue weighted by Crippen LogP contribution is 2.39. The highest BCUT2D eigenvalue weighted by molar-refractivity contribution is 5.66. The molecule has 1 aliphatic carbocycles. The molecule has 0 unspecified atom stereocenters. The highest BCUT2D eigenvalue weighted by Gasteiger charge is 2.40. The minimum absolute atomic E-state index is 0.00824. The molecule has 0 saturated heterocycles. The Morgan fingerprint density at radius 3 is 2.65 bits per heavy atom. The number of aliphatic hydroxyl groups is 2. The lowest BCUT2D eigenvalue weighted by molar-refractivity contribution is -0.137. The van der Waals surface area contributed by atoms with Crippen molar-refractivity contribution in [2.45, 2.75) is 83.6 Å². The third kappa shape index (κ3) is 7.88. The minimum atomic E-state index is -1.03. The molecule has 0 aromatic carbocycles. The number of halogens is 1. The van der Waals surface area contributed by atoms with E-state index in [0.29, 0.717) is 19.3 Å². The highest BCUT2D eigenvalue weighted by atomic mass is 19.1. The van der Waals surface area contributed by atoms with Gasteiger partial charge in [0.2, 0.25) is 0 Å². The van der Waals surface area contributed by atoms with Crippen molar-refractivity contribution >= 4 is 5.97 Å². The molecule has 1 fully saturated rings. The first-order valence-corrected chi connectivity index (χ1v) is 9.66. The first kappa shape index (κ1) is 22.7. The molecule has 1 saturated carbocycles. The molecule has 0 spiro atoms. The van der Waals surface area contributed by atoms with Crippen LogP contribution in [-0.2, 0) is 4.79 Å². The Balaban J connectivity index is 2.48. The fourth-order valence-electron chi connectivity index (χ4n) is 3.56. The van der Waals surface area contributed by atoms with Gasteiger partial charge in [-0.25, -0.2) is 4.39 Å². The molecule has 0 aromatic rings. The average molecular weight is 368 g/mol. The second kappa shape index (κ2) is 12.1. The molecule has 0 heterocycles. The van der Waals surface area contributed by atoms with Gasteiger partial charge in [0.15, 0.2) is 0 Å². The lowest BCUT2D eigenvalue weighted by Gasteiger charge is -2.21. The smallest absolute Gasteiger partial charge is 0.303 e. The maximum Gasteiger partial charge on any atom is 0.303 e. The van der Waals surface area contributed by atoms with Crippen LogP contribution in [0.3, 0.4) is 0 Å². The van der Waals surface area contributed by atoms with Crippen molar-refractivity contribution < 1.29 is 24.5 Å². The Morgan fingerprint density at radius 2 is 2.00 bits per heavy atom. The van der Waals surface area contributed by atoms with E-state index in [4.69, 9.17) is 5.11 Å². The van der Waals surface area contributed by atoms with Crippen molar-refractivity contribution in [3.63, 3.8) is 0 Å². The van der Waals surface area contributed by atoms with E-state index in [0.717, 1.165) is 19.3 Å². The normalized spacial score (nSPS) is 27.9. The standard InChI is InChI=1S/C21H33FO4/c1-3-4-9-15(2)19(23)13-12-17-16(18(22)14-20(17)24)10-7-5-6-8-11-21(25)26/h12-13,15-20,23-24H,5-11,14H2,1-2H3,(H,25,26)/b13-12+/t15-,16+,17+,18-,19+,20+/m0/s1. The van der Waals surface area contributed by atoms with Crippen LogP contribution in [0.1, 0.15) is 65.2 Å². The molecule has 0 bridgehead atoms. The summed E-state index contributed by atoms with van der Waals surface area (Å²) in [7, 11) is 0. The molecule has 5 heteroatoms. The van der Waals surface area contributed by atoms with Gasteiger partial charge < -0.3 is 15.3 Å². The molecule has 1 aliphatic rings. The van der Waals surface area contributed by atoms with E-state index >= 15 is 0 Å². The van der Waals surface area contributed by atoms with Crippen LogP contribution in [0.15, 0.2) is 12.2 Å². The molecule has 0 radical (unpaired) electrons. The van der Waals surface area contributed by atoms with Gasteiger partial charge in [0, 0.05) is 25.2 Å². The molecule has 4 nitrogen and oxygen atoms in total. The summed E-state index contributed by atoms with van der Waals surface area (Å²) in [6.45, 7) is 3.68. The number of aliphatic hydroxyl groups excluding tert-OH is 2. The number of hydrogen-bond acceptors (Lipinski definition) is 3. The molecule has 26 heavy (non-hydrogen) atoms. The van der Waals surface area contributed by atoms with Crippen LogP contribution in [-0.4, -0.2) is 39.7 Å². The summed E-state index contributed by atoms with van der Waals surface area (Å²) < 4.78 is 14.3. The number of carboxylic acids is 1. The summed E-state index contributed by atoms with van der Waals surface area (Å²) in [4.78, 5) is 10.5. The zero-order valence-corrected chi connectivity index (χ0v) is 15.9. The number of unbranched alkanes of at least 4 members (excludes halogenated alkanes) is 3. The number of alkyl halides is 1. The van der Waals surface area contributed by atoms with Crippen molar-refractivity contribution in [1.82, 2.24) is 0 Å². The average Bonchev–Trinajstić information content (AvgIpc) is 2.86. The van der Waals surface area contributed by atoms with E-state index in [1.165, 1.54) is 0 Å². The van der Waals surface area contributed by atoms with Gasteiger partial charge in [-0.1, -0.05) is 38.3 Å². The SMILES string of the molecule is CC#CC[C@H](C)[C@H](O)/C=C/[C@@H]1[C@@H](CCCCCCC(=O)O)[C@@H](F)C[C@H]1O. The van der Waals surface area contributed by atoms with E-state index < -0.39 is 24.3 Å². The first-order valence-electron chi connectivity index (χ1n) is 9.66. The third-order valence-corrected chi connectivity index (χ3v) is 5.26. The summed E-state index contributed by atoms with van der Waals surface area (Å²) >= 11 is 0. The van der Waals surface area contributed by atoms with Gasteiger partial charge in [-0.05, 0) is 31.6 Å². The van der Waals surface area contributed by atoms with Crippen LogP contribution < -0.4 is 0 Å². The summed E-state index contributed by atoms with van der Waals surface area (Å²) in [6.07, 6.45) is 5.83. The topological polar surface area (TPSA) is 77.8 Å². The van der Waals surface area contributed by atoms with E-state index in [-0.39, 0.29) is 30.6 Å². The van der Waals surface area contributed by atoms with Crippen LogP contribution in [0.4, 0.5) is 4.39 Å². The van der Waals surface area contributed by atoms with Crippen molar-refractivity contribution in [2.24, 2.45) is 17.8 Å². The van der Waals surface area contributed by atoms with Crippen LogP contribution >= 0.6 is 0 Å². The molecule has 6 atom stereocenters. The largest absolute Gasteiger partial charge is 0.481 e. The van der Waals surface area contributed by atoms with Gasteiger partial charge in [0.25, 0.3) is 0 Å². The van der Waals surface area contributed by atoms with Crippen molar-refractivity contribution in [3.8, 4) is 11.8 Å². The van der Waals surface area contributed by atoms with Crippen LogP contribution in [0.5, 0.6) is 0 Å². The van der Waals surface area contributed by atoms with Crippen LogP contribution in [0.25, 0.3) is 0 Å². The monoisotopic (exact) mass is 368 g/mol. The Morgan fingerprint density at radius 1 is 1.31 bits per heavy atom. The predicted molar refractivity (Wildman–Crippen MR) is 100 cm³/mol. The Hall–Kier alpha value is -1.38. The molecule has 3 N–H and O–H groups in total. The van der Waals surface area contributed by atoms with Gasteiger partial charge in [0.1, 0.15) is 6.17 Å². The third-order valence-electron chi connectivity index (χ3n) is 5.26. The maximum absolute atomic E-state index is 14.3.